The summed E-state index contributed by atoms with van der Waals surface area (Å²) >= 11 is 0. The Balaban J connectivity index is 1.96. The van der Waals surface area contributed by atoms with Crippen molar-refractivity contribution < 1.29 is 8.42 Å². The lowest BCUT2D eigenvalue weighted by Crippen LogP contribution is -2.20. The van der Waals surface area contributed by atoms with Crippen molar-refractivity contribution in [1.82, 2.24) is 4.31 Å². The first-order chi connectivity index (χ1) is 8.46. The van der Waals surface area contributed by atoms with Crippen LogP contribution in [0, 0.1) is 6.92 Å². The standard InChI is InChI=1S/C14H17NO2S/c1-11-6-8-12(9-7-11)18(16,17)15-13-5-3-4-10-14(13,15)2/h3-4,6-9,13H,5,10H2,1-2H3. The van der Waals surface area contributed by atoms with Crippen LogP contribution in [-0.2, 0) is 10.0 Å². The van der Waals surface area contributed by atoms with Gasteiger partial charge in [-0.2, -0.15) is 4.31 Å². The van der Waals surface area contributed by atoms with Gasteiger partial charge in [0.05, 0.1) is 10.4 Å². The number of sulfonamides is 1. The fourth-order valence-electron chi connectivity index (χ4n) is 2.86. The summed E-state index contributed by atoms with van der Waals surface area (Å²) in [6.07, 6.45) is 5.82. The quantitative estimate of drug-likeness (QED) is 0.607. The number of aryl methyl sites for hydroxylation is 1. The molecule has 96 valence electrons. The van der Waals surface area contributed by atoms with Gasteiger partial charge in [-0.1, -0.05) is 29.8 Å². The van der Waals surface area contributed by atoms with Crippen LogP contribution in [0.15, 0.2) is 41.3 Å². The van der Waals surface area contributed by atoms with Crippen molar-refractivity contribution in [3.63, 3.8) is 0 Å². The zero-order valence-electron chi connectivity index (χ0n) is 10.6. The van der Waals surface area contributed by atoms with E-state index in [9.17, 15) is 8.42 Å². The maximum atomic E-state index is 12.6. The van der Waals surface area contributed by atoms with E-state index in [2.05, 4.69) is 12.2 Å². The summed E-state index contributed by atoms with van der Waals surface area (Å²) in [5, 5.41) is 0. The van der Waals surface area contributed by atoms with E-state index in [1.807, 2.05) is 26.0 Å². The van der Waals surface area contributed by atoms with E-state index in [-0.39, 0.29) is 11.6 Å². The van der Waals surface area contributed by atoms with E-state index < -0.39 is 10.0 Å². The van der Waals surface area contributed by atoms with Crippen LogP contribution in [0.3, 0.4) is 0 Å². The molecule has 0 bridgehead atoms. The normalized spacial score (nSPS) is 34.1. The van der Waals surface area contributed by atoms with Gasteiger partial charge >= 0.3 is 0 Å². The number of rotatable bonds is 2. The van der Waals surface area contributed by atoms with Gasteiger partial charge in [-0.05, 0) is 38.8 Å². The minimum absolute atomic E-state index is 0.147. The molecule has 3 nitrogen and oxygen atoms in total. The lowest BCUT2D eigenvalue weighted by Gasteiger charge is -2.11. The molecule has 1 aromatic rings. The van der Waals surface area contributed by atoms with Crippen molar-refractivity contribution in [3.8, 4) is 0 Å². The van der Waals surface area contributed by atoms with Gasteiger partial charge in [0.2, 0.25) is 10.0 Å². The molecule has 1 aliphatic carbocycles. The summed E-state index contributed by atoms with van der Waals surface area (Å²) in [6.45, 7) is 3.99. The molecule has 3 rings (SSSR count). The average Bonchev–Trinajstić information content (AvgIpc) is 2.96. The van der Waals surface area contributed by atoms with Gasteiger partial charge < -0.3 is 0 Å². The molecule has 2 aliphatic rings. The molecule has 0 saturated carbocycles. The van der Waals surface area contributed by atoms with Crippen LogP contribution in [0.5, 0.6) is 0 Å². The highest BCUT2D eigenvalue weighted by Gasteiger charge is 2.64. The van der Waals surface area contributed by atoms with Gasteiger partial charge in [-0.25, -0.2) is 8.42 Å². The molecule has 1 fully saturated rings. The Morgan fingerprint density at radius 2 is 1.89 bits per heavy atom. The lowest BCUT2D eigenvalue weighted by atomic mass is 9.96. The Kier molecular flexibility index (Phi) is 2.44. The van der Waals surface area contributed by atoms with Crippen LogP contribution in [0.1, 0.15) is 25.3 Å². The molecule has 0 N–H and O–H groups in total. The van der Waals surface area contributed by atoms with Crippen LogP contribution in [0.4, 0.5) is 0 Å². The summed E-state index contributed by atoms with van der Waals surface area (Å²) in [6, 6.07) is 7.24. The second kappa shape index (κ2) is 3.68. The highest BCUT2D eigenvalue weighted by Crippen LogP contribution is 2.52. The highest BCUT2D eigenvalue weighted by molar-refractivity contribution is 7.89. The second-order valence-electron chi connectivity index (χ2n) is 5.40. The molecular weight excluding hydrogens is 246 g/mol. The summed E-state index contributed by atoms with van der Waals surface area (Å²) in [7, 11) is -3.33. The zero-order chi connectivity index (χ0) is 13.0. The monoisotopic (exact) mass is 263 g/mol. The molecule has 3 unspecified atom stereocenters. The van der Waals surface area contributed by atoms with Crippen molar-refractivity contribution in [1.29, 1.82) is 0 Å². The molecule has 0 spiro atoms. The van der Waals surface area contributed by atoms with Crippen LogP contribution >= 0.6 is 0 Å². The number of fused-ring (bicyclic) bond motifs is 1. The maximum absolute atomic E-state index is 12.6. The van der Waals surface area contributed by atoms with Crippen molar-refractivity contribution in [2.75, 3.05) is 0 Å². The van der Waals surface area contributed by atoms with E-state index in [0.717, 1.165) is 18.4 Å². The average molecular weight is 263 g/mol. The Morgan fingerprint density at radius 3 is 2.44 bits per heavy atom. The molecule has 4 heteroatoms. The molecule has 1 saturated heterocycles. The Hall–Kier alpha value is -1.13. The third-order valence-electron chi connectivity index (χ3n) is 4.07. The summed E-state index contributed by atoms with van der Waals surface area (Å²) in [5.41, 5.74) is 0.878. The van der Waals surface area contributed by atoms with Crippen molar-refractivity contribution in [3.05, 3.63) is 42.0 Å². The van der Waals surface area contributed by atoms with Gasteiger partial charge in [0.25, 0.3) is 0 Å². The first kappa shape index (κ1) is 11.9. The van der Waals surface area contributed by atoms with E-state index >= 15 is 0 Å². The molecule has 1 aromatic carbocycles. The number of hydrogen-bond acceptors (Lipinski definition) is 2. The van der Waals surface area contributed by atoms with Gasteiger partial charge in [-0.15, -0.1) is 0 Å². The van der Waals surface area contributed by atoms with E-state index in [4.69, 9.17) is 0 Å². The van der Waals surface area contributed by atoms with Gasteiger partial charge in [0, 0.05) is 6.04 Å². The summed E-state index contributed by atoms with van der Waals surface area (Å²) < 4.78 is 26.8. The SMILES string of the molecule is Cc1ccc(S(=O)(=O)N2C3CC=CCC32C)cc1. The van der Waals surface area contributed by atoms with E-state index in [1.54, 1.807) is 16.4 Å². The largest absolute Gasteiger partial charge is 0.243 e. The lowest BCUT2D eigenvalue weighted by molar-refractivity contribution is 0.516. The first-order valence-corrected chi connectivity index (χ1v) is 7.66. The predicted octanol–water partition coefficient (Wildman–Crippen LogP) is 2.48. The zero-order valence-corrected chi connectivity index (χ0v) is 11.4. The Bertz CT molecular complexity index is 603. The molecular formula is C14H17NO2S. The van der Waals surface area contributed by atoms with Gasteiger partial charge in [-0.3, -0.25) is 0 Å². The molecule has 18 heavy (non-hydrogen) atoms. The maximum Gasteiger partial charge on any atom is 0.243 e. The van der Waals surface area contributed by atoms with E-state index in [0.29, 0.717) is 4.90 Å². The van der Waals surface area contributed by atoms with Crippen molar-refractivity contribution in [2.45, 2.75) is 43.2 Å². The van der Waals surface area contributed by atoms with Crippen LogP contribution in [-0.4, -0.2) is 24.3 Å². The highest BCUT2D eigenvalue weighted by atomic mass is 32.2. The minimum atomic E-state index is -3.33. The minimum Gasteiger partial charge on any atom is -0.207 e. The van der Waals surface area contributed by atoms with Crippen molar-refractivity contribution >= 4 is 10.0 Å². The van der Waals surface area contributed by atoms with Gasteiger partial charge in [0.15, 0.2) is 0 Å². The molecule has 1 aliphatic heterocycles. The topological polar surface area (TPSA) is 37.1 Å². The number of nitrogens with zero attached hydrogens (tertiary/aromatic N) is 1. The fraction of sp³-hybridized carbons (Fsp3) is 0.429. The summed E-state index contributed by atoms with van der Waals surface area (Å²) in [5.74, 6) is 0. The fourth-order valence-corrected chi connectivity index (χ4v) is 4.91. The second-order valence-corrected chi connectivity index (χ2v) is 7.21. The Labute approximate surface area is 108 Å². The predicted molar refractivity (Wildman–Crippen MR) is 70.8 cm³/mol. The molecule has 0 aromatic heterocycles. The van der Waals surface area contributed by atoms with Crippen LogP contribution in [0.25, 0.3) is 0 Å². The van der Waals surface area contributed by atoms with Crippen LogP contribution in [0.2, 0.25) is 0 Å². The number of hydrogen-bond donors (Lipinski definition) is 0. The number of benzene rings is 1. The molecule has 3 atom stereocenters. The summed E-state index contributed by atoms with van der Waals surface area (Å²) in [4.78, 5) is 0.406. The molecule has 1 heterocycles. The van der Waals surface area contributed by atoms with E-state index in [1.165, 1.54) is 0 Å². The van der Waals surface area contributed by atoms with Gasteiger partial charge in [0.1, 0.15) is 0 Å². The molecule has 0 amide bonds. The first-order valence-electron chi connectivity index (χ1n) is 6.22. The van der Waals surface area contributed by atoms with Crippen molar-refractivity contribution in [2.24, 2.45) is 0 Å². The van der Waals surface area contributed by atoms with Crippen LogP contribution < -0.4 is 0 Å². The smallest absolute Gasteiger partial charge is 0.207 e. The Morgan fingerprint density at radius 1 is 1.22 bits per heavy atom. The molecule has 0 radical (unpaired) electrons. The third kappa shape index (κ3) is 1.56. The third-order valence-corrected chi connectivity index (χ3v) is 6.13.